The number of nitrogens with one attached hydrogen (secondary N) is 1. The molecular formula is C11H19NO2. The average molecular weight is 197 g/mol. The van der Waals surface area contributed by atoms with E-state index in [0.717, 1.165) is 25.7 Å². The van der Waals surface area contributed by atoms with Crippen LogP contribution in [-0.4, -0.2) is 18.2 Å². The van der Waals surface area contributed by atoms with Crippen molar-refractivity contribution in [2.24, 2.45) is 0 Å². The van der Waals surface area contributed by atoms with Crippen molar-refractivity contribution >= 4 is 6.09 Å². The Morgan fingerprint density at radius 3 is 2.29 bits per heavy atom. The van der Waals surface area contributed by atoms with E-state index in [1.807, 2.05) is 0 Å². The molecular weight excluding hydrogens is 178 g/mol. The molecule has 0 aliphatic heterocycles. The van der Waals surface area contributed by atoms with Crippen molar-refractivity contribution in [1.29, 1.82) is 0 Å². The van der Waals surface area contributed by atoms with Crippen LogP contribution in [0.3, 0.4) is 0 Å². The van der Waals surface area contributed by atoms with Crippen molar-refractivity contribution in [2.45, 2.75) is 63.5 Å². The Morgan fingerprint density at radius 2 is 1.71 bits per heavy atom. The summed E-state index contributed by atoms with van der Waals surface area (Å²) in [6.45, 7) is 0. The molecule has 0 aromatic heterocycles. The zero-order valence-electron chi connectivity index (χ0n) is 8.63. The summed E-state index contributed by atoms with van der Waals surface area (Å²) in [4.78, 5) is 11.4. The van der Waals surface area contributed by atoms with Crippen molar-refractivity contribution < 1.29 is 9.53 Å². The molecule has 0 atom stereocenters. The highest BCUT2D eigenvalue weighted by Gasteiger charge is 2.23. The standard InChI is InChI=1S/C11H19NO2/c13-11(14-10-7-4-8-10)12-9-5-2-1-3-6-9/h9-10H,1-8H2,(H,12,13). The van der Waals surface area contributed by atoms with E-state index in [0.29, 0.717) is 6.04 Å². The SMILES string of the molecule is O=C(NC1CCCCC1)OC1CCC1. The number of amides is 1. The average Bonchev–Trinajstić information content (AvgIpc) is 2.13. The Labute approximate surface area is 85.2 Å². The lowest BCUT2D eigenvalue weighted by Gasteiger charge is -2.28. The van der Waals surface area contributed by atoms with Gasteiger partial charge < -0.3 is 10.1 Å². The maximum Gasteiger partial charge on any atom is 0.407 e. The minimum absolute atomic E-state index is 0.193. The van der Waals surface area contributed by atoms with Gasteiger partial charge in [-0.2, -0.15) is 0 Å². The lowest BCUT2D eigenvalue weighted by Crippen LogP contribution is -2.39. The molecule has 2 aliphatic rings. The molecule has 3 nitrogen and oxygen atoms in total. The summed E-state index contributed by atoms with van der Waals surface area (Å²) in [5.41, 5.74) is 0. The van der Waals surface area contributed by atoms with Crippen LogP contribution in [0.2, 0.25) is 0 Å². The van der Waals surface area contributed by atoms with Gasteiger partial charge in [-0.3, -0.25) is 0 Å². The highest BCUT2D eigenvalue weighted by molar-refractivity contribution is 5.67. The van der Waals surface area contributed by atoms with Gasteiger partial charge >= 0.3 is 6.09 Å². The summed E-state index contributed by atoms with van der Waals surface area (Å²) in [6.07, 6.45) is 9.38. The van der Waals surface area contributed by atoms with E-state index in [2.05, 4.69) is 5.32 Å². The van der Waals surface area contributed by atoms with Crippen LogP contribution in [0.1, 0.15) is 51.4 Å². The Hall–Kier alpha value is -0.730. The lowest BCUT2D eigenvalue weighted by atomic mass is 9.95. The number of alkyl carbamates (subject to hydrolysis) is 1. The van der Waals surface area contributed by atoms with Crippen molar-refractivity contribution in [2.75, 3.05) is 0 Å². The van der Waals surface area contributed by atoms with E-state index in [9.17, 15) is 4.79 Å². The first-order valence-electron chi connectivity index (χ1n) is 5.82. The van der Waals surface area contributed by atoms with E-state index in [1.54, 1.807) is 0 Å². The van der Waals surface area contributed by atoms with E-state index in [4.69, 9.17) is 4.74 Å². The van der Waals surface area contributed by atoms with Crippen LogP contribution in [0.5, 0.6) is 0 Å². The Morgan fingerprint density at radius 1 is 1.00 bits per heavy atom. The maximum absolute atomic E-state index is 11.4. The first-order valence-corrected chi connectivity index (χ1v) is 5.82. The molecule has 14 heavy (non-hydrogen) atoms. The fourth-order valence-corrected chi connectivity index (χ4v) is 2.09. The van der Waals surface area contributed by atoms with Gasteiger partial charge in [0.2, 0.25) is 0 Å². The highest BCUT2D eigenvalue weighted by Crippen LogP contribution is 2.22. The fourth-order valence-electron chi connectivity index (χ4n) is 2.09. The van der Waals surface area contributed by atoms with Gasteiger partial charge in [0.15, 0.2) is 0 Å². The topological polar surface area (TPSA) is 38.3 Å². The molecule has 2 saturated carbocycles. The van der Waals surface area contributed by atoms with Gasteiger partial charge in [0.25, 0.3) is 0 Å². The third kappa shape index (κ3) is 2.63. The number of rotatable bonds is 2. The number of hydrogen-bond donors (Lipinski definition) is 1. The van der Waals surface area contributed by atoms with Gasteiger partial charge in [-0.25, -0.2) is 4.79 Å². The summed E-state index contributed by atoms with van der Waals surface area (Å²) >= 11 is 0. The van der Waals surface area contributed by atoms with E-state index >= 15 is 0 Å². The summed E-state index contributed by atoms with van der Waals surface area (Å²) in [7, 11) is 0. The fraction of sp³-hybridized carbons (Fsp3) is 0.909. The van der Waals surface area contributed by atoms with Crippen molar-refractivity contribution in [3.8, 4) is 0 Å². The zero-order valence-corrected chi connectivity index (χ0v) is 8.63. The number of carbonyl (C=O) groups is 1. The molecule has 0 saturated heterocycles. The molecule has 0 unspecified atom stereocenters. The maximum atomic E-state index is 11.4. The van der Waals surface area contributed by atoms with Gasteiger partial charge in [-0.15, -0.1) is 0 Å². The van der Waals surface area contributed by atoms with Crippen LogP contribution < -0.4 is 5.32 Å². The predicted molar refractivity (Wildman–Crippen MR) is 54.1 cm³/mol. The van der Waals surface area contributed by atoms with Crippen LogP contribution in [0, 0.1) is 0 Å². The molecule has 0 aromatic rings. The van der Waals surface area contributed by atoms with Crippen LogP contribution in [0.15, 0.2) is 0 Å². The van der Waals surface area contributed by atoms with E-state index < -0.39 is 0 Å². The smallest absolute Gasteiger partial charge is 0.407 e. The summed E-state index contributed by atoms with van der Waals surface area (Å²) < 4.78 is 5.24. The molecule has 0 heterocycles. The Balaban J connectivity index is 1.64. The van der Waals surface area contributed by atoms with Crippen LogP contribution >= 0.6 is 0 Å². The van der Waals surface area contributed by atoms with Crippen LogP contribution in [0.25, 0.3) is 0 Å². The molecule has 3 heteroatoms. The Kier molecular flexibility index (Phi) is 3.27. The molecule has 0 spiro atoms. The predicted octanol–water partition coefficient (Wildman–Crippen LogP) is 2.60. The largest absolute Gasteiger partial charge is 0.446 e. The van der Waals surface area contributed by atoms with Gasteiger partial charge in [-0.1, -0.05) is 19.3 Å². The van der Waals surface area contributed by atoms with Crippen molar-refractivity contribution in [1.82, 2.24) is 5.32 Å². The Bertz CT molecular complexity index is 195. The normalized spacial score (nSPS) is 24.0. The molecule has 80 valence electrons. The second-order valence-electron chi connectivity index (χ2n) is 4.44. The van der Waals surface area contributed by atoms with E-state index in [1.165, 1.54) is 25.7 Å². The second kappa shape index (κ2) is 4.67. The van der Waals surface area contributed by atoms with E-state index in [-0.39, 0.29) is 12.2 Å². The molecule has 0 bridgehead atoms. The molecule has 0 radical (unpaired) electrons. The molecule has 2 rings (SSSR count). The quantitative estimate of drug-likeness (QED) is 0.739. The summed E-state index contributed by atoms with van der Waals surface area (Å²) in [5, 5.41) is 2.96. The number of carbonyl (C=O) groups excluding carboxylic acids is 1. The van der Waals surface area contributed by atoms with Crippen LogP contribution in [0.4, 0.5) is 4.79 Å². The van der Waals surface area contributed by atoms with Crippen molar-refractivity contribution in [3.05, 3.63) is 0 Å². The zero-order chi connectivity index (χ0) is 9.80. The minimum atomic E-state index is -0.193. The molecule has 1 amide bonds. The van der Waals surface area contributed by atoms with Gasteiger partial charge in [0, 0.05) is 6.04 Å². The van der Waals surface area contributed by atoms with Gasteiger partial charge in [0.1, 0.15) is 6.10 Å². The van der Waals surface area contributed by atoms with Gasteiger partial charge in [0.05, 0.1) is 0 Å². The first-order chi connectivity index (χ1) is 6.84. The second-order valence-corrected chi connectivity index (χ2v) is 4.44. The lowest BCUT2D eigenvalue weighted by molar-refractivity contribution is 0.0494. The molecule has 1 N–H and O–H groups in total. The third-order valence-corrected chi connectivity index (χ3v) is 3.25. The molecule has 0 aromatic carbocycles. The highest BCUT2D eigenvalue weighted by atomic mass is 16.6. The summed E-state index contributed by atoms with van der Waals surface area (Å²) in [5.74, 6) is 0. The monoisotopic (exact) mass is 197 g/mol. The summed E-state index contributed by atoms with van der Waals surface area (Å²) in [6, 6.07) is 0.372. The molecule has 2 aliphatic carbocycles. The minimum Gasteiger partial charge on any atom is -0.446 e. The van der Waals surface area contributed by atoms with Crippen molar-refractivity contribution in [3.63, 3.8) is 0 Å². The van der Waals surface area contributed by atoms with Crippen LogP contribution in [-0.2, 0) is 4.74 Å². The first kappa shape index (κ1) is 9.81. The number of hydrogen-bond acceptors (Lipinski definition) is 2. The third-order valence-electron chi connectivity index (χ3n) is 3.25. The van der Waals surface area contributed by atoms with Gasteiger partial charge in [-0.05, 0) is 32.1 Å². The molecule has 2 fully saturated rings. The number of ether oxygens (including phenoxy) is 1.